The molecule has 0 aliphatic heterocycles. The van der Waals surface area contributed by atoms with E-state index >= 15 is 0 Å². The van der Waals surface area contributed by atoms with Gasteiger partial charge in [0.25, 0.3) is 0 Å². The van der Waals surface area contributed by atoms with E-state index in [4.69, 9.17) is 13.9 Å². The summed E-state index contributed by atoms with van der Waals surface area (Å²) in [4.78, 5) is 34.4. The van der Waals surface area contributed by atoms with Crippen LogP contribution in [-0.4, -0.2) is 24.1 Å². The summed E-state index contributed by atoms with van der Waals surface area (Å²) in [5, 5.41) is 22.5. The van der Waals surface area contributed by atoms with Gasteiger partial charge in [0.1, 0.15) is 29.3 Å². The van der Waals surface area contributed by atoms with Gasteiger partial charge < -0.3 is 33.7 Å². The Balaban J connectivity index is 2.20. The second-order valence-electron chi connectivity index (χ2n) is 6.51. The summed E-state index contributed by atoms with van der Waals surface area (Å²) in [6.45, 7) is 2.59. The normalized spacial score (nSPS) is 15.6. The summed E-state index contributed by atoms with van der Waals surface area (Å²) in [6, 6.07) is 2.78. The van der Waals surface area contributed by atoms with Crippen LogP contribution >= 0.6 is 0 Å². The lowest BCUT2D eigenvalue weighted by Crippen LogP contribution is -2.37. The second kappa shape index (κ2) is 7.30. The van der Waals surface area contributed by atoms with Gasteiger partial charge in [0.15, 0.2) is 0 Å². The maximum Gasteiger partial charge on any atom is 0.339 e. The summed E-state index contributed by atoms with van der Waals surface area (Å²) in [7, 11) is 0. The molecule has 0 saturated heterocycles. The first kappa shape index (κ1) is 18.8. The predicted molar refractivity (Wildman–Crippen MR) is 89.3 cm³/mol. The lowest BCUT2D eigenvalue weighted by atomic mass is 9.90. The second-order valence-corrected chi connectivity index (χ2v) is 6.51. The molecular formula is C19H18O8-2. The van der Waals surface area contributed by atoms with E-state index in [0.717, 1.165) is 18.4 Å². The van der Waals surface area contributed by atoms with Crippen LogP contribution in [0.3, 0.4) is 0 Å². The maximum absolute atomic E-state index is 12.3. The van der Waals surface area contributed by atoms with Crippen molar-refractivity contribution in [1.82, 2.24) is 0 Å². The van der Waals surface area contributed by atoms with E-state index in [1.807, 2.05) is 0 Å². The Hall–Kier alpha value is -3.03. The number of benzene rings is 1. The number of fused-ring (bicyclic) bond motifs is 3. The molecule has 1 aliphatic carbocycles. The summed E-state index contributed by atoms with van der Waals surface area (Å²) in [6.07, 6.45) is 0.401. The first-order valence-electron chi connectivity index (χ1n) is 8.65. The van der Waals surface area contributed by atoms with Crippen LogP contribution < -0.4 is 25.3 Å². The molecule has 1 heterocycles. The SMILES string of the molecule is C[C@H](Oc1cc(O[C@H](C)C(=O)[O-])cc2oc(=O)c3c(c12)CCCC3)C(=O)[O-]. The number of rotatable bonds is 6. The number of carboxylic acid groups (broad SMARTS) is 2. The van der Waals surface area contributed by atoms with Gasteiger partial charge in [-0.3, -0.25) is 0 Å². The number of ether oxygens (including phenoxy) is 2. The fraction of sp³-hybridized carbons (Fsp3) is 0.421. The molecule has 0 saturated carbocycles. The Morgan fingerprint density at radius 2 is 1.59 bits per heavy atom. The Morgan fingerprint density at radius 3 is 2.22 bits per heavy atom. The van der Waals surface area contributed by atoms with Crippen molar-refractivity contribution in [2.45, 2.75) is 51.7 Å². The third kappa shape index (κ3) is 3.74. The van der Waals surface area contributed by atoms with Crippen molar-refractivity contribution in [2.24, 2.45) is 0 Å². The minimum atomic E-state index is -1.42. The maximum atomic E-state index is 12.3. The molecule has 0 unspecified atom stereocenters. The predicted octanol–water partition coefficient (Wildman–Crippen LogP) is -0.294. The van der Waals surface area contributed by atoms with E-state index in [2.05, 4.69) is 0 Å². The van der Waals surface area contributed by atoms with Crippen LogP contribution in [0.1, 0.15) is 37.8 Å². The summed E-state index contributed by atoms with van der Waals surface area (Å²) in [5.41, 5.74) is 0.981. The number of hydrogen-bond acceptors (Lipinski definition) is 8. The van der Waals surface area contributed by atoms with E-state index in [1.165, 1.54) is 26.0 Å². The minimum Gasteiger partial charge on any atom is -0.546 e. The quantitative estimate of drug-likeness (QED) is 0.631. The van der Waals surface area contributed by atoms with Crippen molar-refractivity contribution in [3.63, 3.8) is 0 Å². The van der Waals surface area contributed by atoms with Crippen LogP contribution in [0.2, 0.25) is 0 Å². The van der Waals surface area contributed by atoms with Gasteiger partial charge in [0.2, 0.25) is 0 Å². The smallest absolute Gasteiger partial charge is 0.339 e. The largest absolute Gasteiger partial charge is 0.546 e. The highest BCUT2D eigenvalue weighted by Crippen LogP contribution is 2.37. The number of carbonyl (C=O) groups is 2. The van der Waals surface area contributed by atoms with Gasteiger partial charge in [-0.1, -0.05) is 0 Å². The Bertz CT molecular complexity index is 958. The van der Waals surface area contributed by atoms with Gasteiger partial charge in [-0.25, -0.2) is 4.79 Å². The lowest BCUT2D eigenvalue weighted by Gasteiger charge is -2.22. The van der Waals surface area contributed by atoms with Gasteiger partial charge in [0, 0.05) is 17.7 Å². The molecular weight excluding hydrogens is 356 g/mol. The zero-order chi connectivity index (χ0) is 19.7. The Morgan fingerprint density at radius 1 is 1.00 bits per heavy atom. The molecule has 0 radical (unpaired) electrons. The topological polar surface area (TPSA) is 129 Å². The first-order chi connectivity index (χ1) is 12.8. The molecule has 8 heteroatoms. The molecule has 3 rings (SSSR count). The zero-order valence-electron chi connectivity index (χ0n) is 14.9. The van der Waals surface area contributed by atoms with Crippen LogP contribution in [-0.2, 0) is 22.4 Å². The monoisotopic (exact) mass is 374 g/mol. The molecule has 0 fully saturated rings. The molecule has 2 aromatic rings. The Kier molecular flexibility index (Phi) is 5.07. The van der Waals surface area contributed by atoms with E-state index in [1.54, 1.807) is 0 Å². The molecule has 0 spiro atoms. The molecule has 144 valence electrons. The van der Waals surface area contributed by atoms with Crippen molar-refractivity contribution in [2.75, 3.05) is 0 Å². The molecule has 1 aromatic carbocycles. The summed E-state index contributed by atoms with van der Waals surface area (Å²) in [5.74, 6) is -2.65. The van der Waals surface area contributed by atoms with Crippen LogP contribution in [0.25, 0.3) is 11.0 Å². The summed E-state index contributed by atoms with van der Waals surface area (Å²) >= 11 is 0. The molecule has 0 amide bonds. The Labute approximate surface area is 154 Å². The van der Waals surface area contributed by atoms with Crippen LogP contribution in [0.5, 0.6) is 11.5 Å². The van der Waals surface area contributed by atoms with Crippen molar-refractivity contribution in [1.29, 1.82) is 0 Å². The average molecular weight is 374 g/mol. The van der Waals surface area contributed by atoms with Crippen LogP contribution in [0.15, 0.2) is 21.3 Å². The molecule has 1 aromatic heterocycles. The third-order valence-corrected chi connectivity index (χ3v) is 4.54. The number of hydrogen-bond donors (Lipinski definition) is 0. The van der Waals surface area contributed by atoms with Crippen LogP contribution in [0.4, 0.5) is 0 Å². The van der Waals surface area contributed by atoms with E-state index in [-0.39, 0.29) is 17.1 Å². The highest BCUT2D eigenvalue weighted by atomic mass is 16.5. The molecule has 2 atom stereocenters. The molecule has 8 nitrogen and oxygen atoms in total. The fourth-order valence-electron chi connectivity index (χ4n) is 3.16. The zero-order valence-corrected chi connectivity index (χ0v) is 14.9. The van der Waals surface area contributed by atoms with Gasteiger partial charge in [-0.05, 0) is 45.1 Å². The molecule has 0 N–H and O–H groups in total. The van der Waals surface area contributed by atoms with Gasteiger partial charge in [-0.15, -0.1) is 0 Å². The number of aliphatic carboxylic acids is 2. The van der Waals surface area contributed by atoms with Crippen molar-refractivity contribution in [3.8, 4) is 11.5 Å². The molecule has 0 bridgehead atoms. The summed E-state index contributed by atoms with van der Waals surface area (Å²) < 4.78 is 16.2. The highest BCUT2D eigenvalue weighted by Gasteiger charge is 2.23. The highest BCUT2D eigenvalue weighted by molar-refractivity contribution is 5.90. The van der Waals surface area contributed by atoms with Gasteiger partial charge in [0.05, 0.1) is 17.3 Å². The van der Waals surface area contributed by atoms with Crippen LogP contribution in [0, 0.1) is 0 Å². The number of aryl methyl sites for hydroxylation is 1. The number of carboxylic acids is 2. The van der Waals surface area contributed by atoms with E-state index in [9.17, 15) is 24.6 Å². The standard InChI is InChI=1S/C19H20O8/c1-9(17(20)21)25-11-7-14(26-10(2)18(22)23)16-12-5-3-4-6-13(12)19(24)27-15(16)8-11/h7-10H,3-6H2,1-2H3,(H,20,21)(H,22,23)/p-2/t9-,10+/m1/s1. The van der Waals surface area contributed by atoms with Crippen molar-refractivity contribution >= 4 is 22.9 Å². The van der Waals surface area contributed by atoms with Crippen molar-refractivity contribution < 1.29 is 33.7 Å². The first-order valence-corrected chi connectivity index (χ1v) is 8.65. The molecule has 27 heavy (non-hydrogen) atoms. The van der Waals surface area contributed by atoms with Gasteiger partial charge >= 0.3 is 5.63 Å². The van der Waals surface area contributed by atoms with Crippen molar-refractivity contribution in [3.05, 3.63) is 33.7 Å². The lowest BCUT2D eigenvalue weighted by molar-refractivity contribution is -0.313. The minimum absolute atomic E-state index is 0.0543. The fourth-order valence-corrected chi connectivity index (χ4v) is 3.16. The molecule has 1 aliphatic rings. The third-order valence-electron chi connectivity index (χ3n) is 4.54. The van der Waals surface area contributed by atoms with E-state index < -0.39 is 29.8 Å². The van der Waals surface area contributed by atoms with Gasteiger partial charge in [-0.2, -0.15) is 0 Å². The average Bonchev–Trinajstić information content (AvgIpc) is 2.61. The van der Waals surface area contributed by atoms with E-state index in [0.29, 0.717) is 23.8 Å². The number of carbonyl (C=O) groups excluding carboxylic acids is 2.